The SMILES string of the molecule is CC(C)(C)C(=O)Nc1cccc(C(=O)NC(c2ccccc2)c2ccccc2)c1. The minimum atomic E-state index is -0.510. The van der Waals surface area contributed by atoms with E-state index in [1.807, 2.05) is 81.4 Å². The molecule has 148 valence electrons. The molecule has 2 amide bonds. The molecule has 3 aromatic carbocycles. The predicted octanol–water partition coefficient (Wildman–Crippen LogP) is 5.19. The van der Waals surface area contributed by atoms with Crippen molar-refractivity contribution in [2.75, 3.05) is 5.32 Å². The molecule has 29 heavy (non-hydrogen) atoms. The lowest BCUT2D eigenvalue weighted by molar-refractivity contribution is -0.123. The van der Waals surface area contributed by atoms with Gasteiger partial charge in [-0.05, 0) is 29.3 Å². The molecule has 0 aliphatic carbocycles. The molecule has 0 bridgehead atoms. The number of nitrogens with one attached hydrogen (secondary N) is 2. The molecule has 3 aromatic rings. The number of amides is 2. The molecule has 0 heterocycles. The number of carbonyl (C=O) groups is 2. The van der Waals surface area contributed by atoms with Gasteiger partial charge in [-0.2, -0.15) is 0 Å². The molecule has 3 rings (SSSR count). The summed E-state index contributed by atoms with van der Waals surface area (Å²) in [5, 5.41) is 6.00. The summed E-state index contributed by atoms with van der Waals surface area (Å²) in [4.78, 5) is 25.3. The molecule has 4 heteroatoms. The van der Waals surface area contributed by atoms with Crippen molar-refractivity contribution < 1.29 is 9.59 Å². The monoisotopic (exact) mass is 386 g/mol. The van der Waals surface area contributed by atoms with Gasteiger partial charge in [-0.3, -0.25) is 9.59 Å². The normalized spacial score (nSPS) is 11.2. The average Bonchev–Trinajstić information content (AvgIpc) is 2.72. The summed E-state index contributed by atoms with van der Waals surface area (Å²) in [5.74, 6) is -0.295. The van der Waals surface area contributed by atoms with Gasteiger partial charge in [-0.1, -0.05) is 87.5 Å². The minimum absolute atomic E-state index is 0.0958. The van der Waals surface area contributed by atoms with Crippen LogP contribution >= 0.6 is 0 Å². The van der Waals surface area contributed by atoms with Crippen LogP contribution in [0.3, 0.4) is 0 Å². The van der Waals surface area contributed by atoms with Crippen molar-refractivity contribution in [2.24, 2.45) is 5.41 Å². The lowest BCUT2D eigenvalue weighted by atomic mass is 9.95. The first-order chi connectivity index (χ1) is 13.8. The Kier molecular flexibility index (Phi) is 6.13. The second-order valence-corrected chi connectivity index (χ2v) is 8.01. The zero-order valence-electron chi connectivity index (χ0n) is 17.0. The van der Waals surface area contributed by atoms with Gasteiger partial charge in [-0.25, -0.2) is 0 Å². The van der Waals surface area contributed by atoms with Crippen molar-refractivity contribution in [1.82, 2.24) is 5.32 Å². The number of rotatable bonds is 5. The molecule has 2 N–H and O–H groups in total. The van der Waals surface area contributed by atoms with Crippen molar-refractivity contribution in [1.29, 1.82) is 0 Å². The zero-order valence-corrected chi connectivity index (χ0v) is 17.0. The maximum atomic E-state index is 13.0. The smallest absolute Gasteiger partial charge is 0.252 e. The highest BCUT2D eigenvalue weighted by molar-refractivity contribution is 5.98. The summed E-state index contributed by atoms with van der Waals surface area (Å²) in [6.07, 6.45) is 0. The van der Waals surface area contributed by atoms with Crippen molar-refractivity contribution in [3.05, 3.63) is 102 Å². The van der Waals surface area contributed by atoms with Crippen molar-refractivity contribution in [2.45, 2.75) is 26.8 Å². The Morgan fingerprint density at radius 1 is 0.759 bits per heavy atom. The number of hydrogen-bond donors (Lipinski definition) is 2. The van der Waals surface area contributed by atoms with E-state index in [0.717, 1.165) is 11.1 Å². The van der Waals surface area contributed by atoms with Crippen LogP contribution in [0.1, 0.15) is 48.3 Å². The summed E-state index contributed by atoms with van der Waals surface area (Å²) in [5.41, 5.74) is 2.60. The van der Waals surface area contributed by atoms with Gasteiger partial charge in [0.2, 0.25) is 5.91 Å². The summed E-state index contributed by atoms with van der Waals surface area (Å²) in [6.45, 7) is 5.55. The fourth-order valence-corrected chi connectivity index (χ4v) is 2.92. The second-order valence-electron chi connectivity index (χ2n) is 8.01. The third kappa shape index (κ3) is 5.32. The maximum Gasteiger partial charge on any atom is 0.252 e. The molecular weight excluding hydrogens is 360 g/mol. The molecule has 0 aliphatic heterocycles. The second kappa shape index (κ2) is 8.74. The molecular formula is C25H26N2O2. The first-order valence-electron chi connectivity index (χ1n) is 9.67. The largest absolute Gasteiger partial charge is 0.341 e. The lowest BCUT2D eigenvalue weighted by Crippen LogP contribution is -2.30. The minimum Gasteiger partial charge on any atom is -0.341 e. The van der Waals surface area contributed by atoms with Gasteiger partial charge in [-0.15, -0.1) is 0 Å². The van der Waals surface area contributed by atoms with Crippen LogP contribution in [0, 0.1) is 5.41 Å². The van der Waals surface area contributed by atoms with E-state index in [0.29, 0.717) is 11.3 Å². The number of carbonyl (C=O) groups excluding carboxylic acids is 2. The molecule has 0 fully saturated rings. The van der Waals surface area contributed by atoms with E-state index in [9.17, 15) is 9.59 Å². The Morgan fingerprint density at radius 3 is 1.83 bits per heavy atom. The summed E-state index contributed by atoms with van der Waals surface area (Å²) in [7, 11) is 0. The lowest BCUT2D eigenvalue weighted by Gasteiger charge is -2.21. The van der Waals surface area contributed by atoms with Gasteiger partial charge >= 0.3 is 0 Å². The molecule has 0 aliphatic rings. The summed E-state index contributed by atoms with van der Waals surface area (Å²) in [6, 6.07) is 26.5. The molecule has 0 saturated carbocycles. The fraction of sp³-hybridized carbons (Fsp3) is 0.200. The topological polar surface area (TPSA) is 58.2 Å². The Bertz CT molecular complexity index is 937. The Balaban J connectivity index is 1.84. The van der Waals surface area contributed by atoms with Gasteiger partial charge in [0.05, 0.1) is 6.04 Å². The Labute approximate surface area is 172 Å². The van der Waals surface area contributed by atoms with Crippen molar-refractivity contribution in [3.63, 3.8) is 0 Å². The van der Waals surface area contributed by atoms with Crippen LogP contribution in [-0.4, -0.2) is 11.8 Å². The Morgan fingerprint density at radius 2 is 1.31 bits per heavy atom. The van der Waals surface area contributed by atoms with Crippen LogP contribution in [0.15, 0.2) is 84.9 Å². The molecule has 0 aromatic heterocycles. The standard InChI is InChI=1S/C25H26N2O2/c1-25(2,3)24(29)26-21-16-10-15-20(17-21)23(28)27-22(18-11-6-4-7-12-18)19-13-8-5-9-14-19/h4-17,22H,1-3H3,(H,26,29)(H,27,28). The van der Waals surface area contributed by atoms with Crippen LogP contribution in [0.2, 0.25) is 0 Å². The van der Waals surface area contributed by atoms with Crippen LogP contribution < -0.4 is 10.6 Å². The number of benzene rings is 3. The van der Waals surface area contributed by atoms with E-state index >= 15 is 0 Å². The Hall–Kier alpha value is -3.40. The van der Waals surface area contributed by atoms with E-state index in [-0.39, 0.29) is 17.9 Å². The molecule has 0 saturated heterocycles. The molecule has 0 unspecified atom stereocenters. The van der Waals surface area contributed by atoms with E-state index in [4.69, 9.17) is 0 Å². The van der Waals surface area contributed by atoms with E-state index in [1.54, 1.807) is 24.3 Å². The first kappa shape index (κ1) is 20.3. The van der Waals surface area contributed by atoms with Crippen LogP contribution in [-0.2, 0) is 4.79 Å². The van der Waals surface area contributed by atoms with Crippen LogP contribution in [0.4, 0.5) is 5.69 Å². The van der Waals surface area contributed by atoms with Crippen molar-refractivity contribution in [3.8, 4) is 0 Å². The van der Waals surface area contributed by atoms with Crippen molar-refractivity contribution >= 4 is 17.5 Å². The fourth-order valence-electron chi connectivity index (χ4n) is 2.92. The third-order valence-electron chi connectivity index (χ3n) is 4.61. The van der Waals surface area contributed by atoms with Crippen LogP contribution in [0.5, 0.6) is 0 Å². The van der Waals surface area contributed by atoms with E-state index in [1.165, 1.54) is 0 Å². The summed E-state index contributed by atoms with van der Waals surface area (Å²) >= 11 is 0. The van der Waals surface area contributed by atoms with Gasteiger partial charge in [0.25, 0.3) is 5.91 Å². The molecule has 0 atom stereocenters. The molecule has 4 nitrogen and oxygen atoms in total. The number of hydrogen-bond acceptors (Lipinski definition) is 2. The average molecular weight is 386 g/mol. The number of anilines is 1. The van der Waals surface area contributed by atoms with Gasteiger partial charge in [0, 0.05) is 16.7 Å². The van der Waals surface area contributed by atoms with Crippen LogP contribution in [0.25, 0.3) is 0 Å². The zero-order chi connectivity index (χ0) is 20.9. The van der Waals surface area contributed by atoms with E-state index < -0.39 is 5.41 Å². The van der Waals surface area contributed by atoms with Gasteiger partial charge < -0.3 is 10.6 Å². The highest BCUT2D eigenvalue weighted by Gasteiger charge is 2.22. The first-order valence-corrected chi connectivity index (χ1v) is 9.67. The van der Waals surface area contributed by atoms with Gasteiger partial charge in [0.1, 0.15) is 0 Å². The van der Waals surface area contributed by atoms with Gasteiger partial charge in [0.15, 0.2) is 0 Å². The predicted molar refractivity (Wildman–Crippen MR) is 117 cm³/mol. The summed E-state index contributed by atoms with van der Waals surface area (Å²) < 4.78 is 0. The molecule has 0 radical (unpaired) electrons. The molecule has 0 spiro atoms. The third-order valence-corrected chi connectivity index (χ3v) is 4.61. The van der Waals surface area contributed by atoms with E-state index in [2.05, 4.69) is 10.6 Å². The quantitative estimate of drug-likeness (QED) is 0.634. The maximum absolute atomic E-state index is 13.0. The highest BCUT2D eigenvalue weighted by Crippen LogP contribution is 2.23. The highest BCUT2D eigenvalue weighted by atomic mass is 16.2.